The Bertz CT molecular complexity index is 339. The lowest BCUT2D eigenvalue weighted by atomic mass is 9.87. The molecule has 2 N–H and O–H groups in total. The van der Waals surface area contributed by atoms with Gasteiger partial charge in [-0.25, -0.2) is 0 Å². The highest BCUT2D eigenvalue weighted by atomic mass is 16.3. The molecule has 2 heteroatoms. The number of nitrogens with one attached hydrogen (secondary N) is 1. The first-order chi connectivity index (χ1) is 8.57. The number of aryl methyl sites for hydroxylation is 1. The van der Waals surface area contributed by atoms with Crippen molar-refractivity contribution in [3.63, 3.8) is 0 Å². The monoisotopic (exact) mass is 249 g/mol. The summed E-state index contributed by atoms with van der Waals surface area (Å²) in [4.78, 5) is 0. The normalized spacial score (nSPS) is 14.8. The van der Waals surface area contributed by atoms with Crippen LogP contribution in [0.2, 0.25) is 0 Å². The van der Waals surface area contributed by atoms with E-state index >= 15 is 0 Å². The van der Waals surface area contributed by atoms with Crippen LogP contribution in [-0.2, 0) is 12.0 Å². The molecule has 0 aromatic heterocycles. The van der Waals surface area contributed by atoms with Crippen LogP contribution in [0.5, 0.6) is 0 Å². The molecule has 0 bridgehead atoms. The van der Waals surface area contributed by atoms with Crippen molar-refractivity contribution in [2.75, 3.05) is 13.2 Å². The Kier molecular flexibility index (Phi) is 5.83. The molecule has 0 aliphatic heterocycles. The molecule has 0 saturated heterocycles. The number of aliphatic hydroxyl groups excluding tert-OH is 1. The summed E-state index contributed by atoms with van der Waals surface area (Å²) in [5, 5.41) is 13.3. The Hall–Kier alpha value is -0.860. The highest BCUT2D eigenvalue weighted by molar-refractivity contribution is 5.29. The molecule has 0 aliphatic rings. The second kappa shape index (κ2) is 6.91. The van der Waals surface area contributed by atoms with Crippen molar-refractivity contribution in [1.29, 1.82) is 0 Å². The van der Waals surface area contributed by atoms with Crippen molar-refractivity contribution in [1.82, 2.24) is 5.32 Å². The predicted molar refractivity (Wildman–Crippen MR) is 77.7 cm³/mol. The number of benzene rings is 1. The molecule has 0 fully saturated rings. The Balaban J connectivity index is 2.93. The van der Waals surface area contributed by atoms with Crippen molar-refractivity contribution in [3.8, 4) is 0 Å². The van der Waals surface area contributed by atoms with Gasteiger partial charge in [-0.15, -0.1) is 0 Å². The van der Waals surface area contributed by atoms with Crippen LogP contribution in [0.3, 0.4) is 0 Å². The number of hydrogen-bond acceptors (Lipinski definition) is 2. The molecule has 0 aliphatic carbocycles. The zero-order valence-corrected chi connectivity index (χ0v) is 12.2. The maximum Gasteiger partial charge on any atom is 0.0666 e. The van der Waals surface area contributed by atoms with Crippen LogP contribution in [0.15, 0.2) is 24.3 Å². The molecular weight excluding hydrogens is 222 g/mol. The number of aliphatic hydroxyl groups is 1. The lowest BCUT2D eigenvalue weighted by Crippen LogP contribution is -2.46. The third-order valence-corrected chi connectivity index (χ3v) is 3.64. The maximum absolute atomic E-state index is 9.81. The van der Waals surface area contributed by atoms with E-state index in [1.165, 1.54) is 11.1 Å². The first-order valence-electron chi connectivity index (χ1n) is 7.03. The van der Waals surface area contributed by atoms with Crippen molar-refractivity contribution in [2.45, 2.75) is 46.1 Å². The minimum atomic E-state index is -0.295. The van der Waals surface area contributed by atoms with Crippen LogP contribution in [0.4, 0.5) is 0 Å². The molecule has 0 spiro atoms. The molecule has 2 nitrogen and oxygen atoms in total. The topological polar surface area (TPSA) is 32.3 Å². The molecule has 1 aromatic rings. The largest absolute Gasteiger partial charge is 0.394 e. The lowest BCUT2D eigenvalue weighted by molar-refractivity contribution is 0.151. The van der Waals surface area contributed by atoms with E-state index in [0.717, 1.165) is 19.4 Å². The lowest BCUT2D eigenvalue weighted by Gasteiger charge is -2.33. The van der Waals surface area contributed by atoms with Crippen LogP contribution in [-0.4, -0.2) is 18.3 Å². The third-order valence-electron chi connectivity index (χ3n) is 3.64. The molecule has 1 rings (SSSR count). The van der Waals surface area contributed by atoms with E-state index in [-0.39, 0.29) is 12.1 Å². The molecule has 1 aromatic carbocycles. The minimum absolute atomic E-state index is 0.141. The van der Waals surface area contributed by atoms with Crippen molar-refractivity contribution in [2.24, 2.45) is 5.92 Å². The van der Waals surface area contributed by atoms with Gasteiger partial charge in [-0.05, 0) is 36.4 Å². The van der Waals surface area contributed by atoms with E-state index in [4.69, 9.17) is 0 Å². The summed E-state index contributed by atoms with van der Waals surface area (Å²) < 4.78 is 0. The molecule has 0 amide bonds. The summed E-state index contributed by atoms with van der Waals surface area (Å²) in [6, 6.07) is 8.61. The minimum Gasteiger partial charge on any atom is -0.394 e. The quantitative estimate of drug-likeness (QED) is 0.778. The van der Waals surface area contributed by atoms with Gasteiger partial charge in [0.1, 0.15) is 0 Å². The van der Waals surface area contributed by atoms with Crippen LogP contribution in [0.1, 0.15) is 45.2 Å². The fraction of sp³-hybridized carbons (Fsp3) is 0.625. The molecule has 102 valence electrons. The molecule has 18 heavy (non-hydrogen) atoms. The molecule has 0 saturated carbocycles. The predicted octanol–water partition coefficient (Wildman–Crippen LogP) is 3.09. The summed E-state index contributed by atoms with van der Waals surface area (Å²) in [5.41, 5.74) is 2.23. The summed E-state index contributed by atoms with van der Waals surface area (Å²) >= 11 is 0. The van der Waals surface area contributed by atoms with Crippen molar-refractivity contribution in [3.05, 3.63) is 35.4 Å². The van der Waals surface area contributed by atoms with E-state index in [1.807, 2.05) is 0 Å². The van der Waals surface area contributed by atoms with E-state index in [1.54, 1.807) is 0 Å². The summed E-state index contributed by atoms with van der Waals surface area (Å²) in [5.74, 6) is 0.581. The summed E-state index contributed by atoms with van der Waals surface area (Å²) in [6.45, 7) is 9.71. The molecule has 1 unspecified atom stereocenters. The van der Waals surface area contributed by atoms with E-state index < -0.39 is 0 Å². The highest BCUT2D eigenvalue weighted by Gasteiger charge is 2.28. The first-order valence-corrected chi connectivity index (χ1v) is 7.03. The van der Waals surface area contributed by atoms with Gasteiger partial charge < -0.3 is 10.4 Å². The summed E-state index contributed by atoms with van der Waals surface area (Å²) in [6.07, 6.45) is 1.94. The van der Waals surface area contributed by atoms with Gasteiger partial charge in [-0.2, -0.15) is 0 Å². The number of rotatable bonds is 7. The summed E-state index contributed by atoms with van der Waals surface area (Å²) in [7, 11) is 0. The fourth-order valence-corrected chi connectivity index (χ4v) is 2.15. The Morgan fingerprint density at radius 2 is 1.78 bits per heavy atom. The first kappa shape index (κ1) is 15.2. The smallest absolute Gasteiger partial charge is 0.0666 e. The molecule has 0 radical (unpaired) electrons. The average Bonchev–Trinajstić information content (AvgIpc) is 2.41. The second-order valence-electron chi connectivity index (χ2n) is 5.42. The van der Waals surface area contributed by atoms with Crippen LogP contribution < -0.4 is 5.32 Å². The average molecular weight is 249 g/mol. The number of hydrogen-bond donors (Lipinski definition) is 2. The van der Waals surface area contributed by atoms with Crippen LogP contribution >= 0.6 is 0 Å². The van der Waals surface area contributed by atoms with Gasteiger partial charge in [0.2, 0.25) is 0 Å². The van der Waals surface area contributed by atoms with Gasteiger partial charge in [0.05, 0.1) is 12.1 Å². The van der Waals surface area contributed by atoms with Crippen LogP contribution in [0.25, 0.3) is 0 Å². The Morgan fingerprint density at radius 1 is 1.17 bits per heavy atom. The van der Waals surface area contributed by atoms with E-state index in [2.05, 4.69) is 57.3 Å². The maximum atomic E-state index is 9.81. The van der Waals surface area contributed by atoms with Crippen molar-refractivity contribution >= 4 is 0 Å². The zero-order chi connectivity index (χ0) is 13.6. The third kappa shape index (κ3) is 3.56. The Labute approximate surface area is 111 Å². The standard InChI is InChI=1S/C16H27NO/c1-5-14-7-9-15(10-8-14)16(6-2,12-18)17-11-13(3)4/h7-10,13,17-18H,5-6,11-12H2,1-4H3. The van der Waals surface area contributed by atoms with Gasteiger partial charge in [0.25, 0.3) is 0 Å². The molecule has 1 atom stereocenters. The fourth-order valence-electron chi connectivity index (χ4n) is 2.15. The zero-order valence-electron chi connectivity index (χ0n) is 12.2. The van der Waals surface area contributed by atoms with Crippen molar-refractivity contribution < 1.29 is 5.11 Å². The Morgan fingerprint density at radius 3 is 2.17 bits per heavy atom. The highest BCUT2D eigenvalue weighted by Crippen LogP contribution is 2.25. The van der Waals surface area contributed by atoms with Gasteiger partial charge in [0.15, 0.2) is 0 Å². The van der Waals surface area contributed by atoms with E-state index in [9.17, 15) is 5.11 Å². The van der Waals surface area contributed by atoms with E-state index in [0.29, 0.717) is 5.92 Å². The molecule has 0 heterocycles. The van der Waals surface area contributed by atoms with Gasteiger partial charge >= 0.3 is 0 Å². The van der Waals surface area contributed by atoms with Gasteiger partial charge in [-0.1, -0.05) is 52.0 Å². The van der Waals surface area contributed by atoms with Gasteiger partial charge in [0, 0.05) is 0 Å². The van der Waals surface area contributed by atoms with Crippen LogP contribution in [0, 0.1) is 5.92 Å². The molecular formula is C16H27NO. The SMILES string of the molecule is CCc1ccc(C(CC)(CO)NCC(C)C)cc1. The second-order valence-corrected chi connectivity index (χ2v) is 5.42. The van der Waals surface area contributed by atoms with Gasteiger partial charge in [-0.3, -0.25) is 0 Å².